The molecule has 0 bridgehead atoms. The van der Waals surface area contributed by atoms with Gasteiger partial charge in [0.1, 0.15) is 6.04 Å². The van der Waals surface area contributed by atoms with Gasteiger partial charge in [-0.25, -0.2) is 8.42 Å². The standard InChI is InChI=1S/C15H21NO6S/c1-2-3-5-12(15(17)18)16-23(19,20)11-6-7-13-14(10-11)22-9-4-8-21-13/h6-7,10,12,16H,2-5,8-9H2,1H3,(H,17,18)/t12-/m0/s1. The van der Waals surface area contributed by atoms with Gasteiger partial charge >= 0.3 is 5.97 Å². The average molecular weight is 343 g/mol. The van der Waals surface area contributed by atoms with Crippen molar-refractivity contribution in [3.05, 3.63) is 18.2 Å². The van der Waals surface area contributed by atoms with Crippen molar-refractivity contribution in [3.63, 3.8) is 0 Å². The van der Waals surface area contributed by atoms with Crippen molar-refractivity contribution < 1.29 is 27.8 Å². The molecule has 1 aromatic carbocycles. The first-order chi connectivity index (χ1) is 10.9. The van der Waals surface area contributed by atoms with E-state index in [0.717, 1.165) is 6.42 Å². The van der Waals surface area contributed by atoms with Gasteiger partial charge in [0.2, 0.25) is 10.0 Å². The Kier molecular flexibility index (Phi) is 5.84. The molecule has 0 amide bonds. The molecular formula is C15H21NO6S. The van der Waals surface area contributed by atoms with Gasteiger partial charge in [0.25, 0.3) is 0 Å². The summed E-state index contributed by atoms with van der Waals surface area (Å²) in [6.07, 6.45) is 2.37. The molecule has 7 nitrogen and oxygen atoms in total. The number of hydrogen-bond acceptors (Lipinski definition) is 5. The molecule has 0 saturated heterocycles. The van der Waals surface area contributed by atoms with E-state index in [2.05, 4.69) is 4.72 Å². The fourth-order valence-corrected chi connectivity index (χ4v) is 3.45. The summed E-state index contributed by atoms with van der Waals surface area (Å²) in [6, 6.07) is 3.13. The number of nitrogens with one attached hydrogen (secondary N) is 1. The highest BCUT2D eigenvalue weighted by Crippen LogP contribution is 2.31. The fourth-order valence-electron chi connectivity index (χ4n) is 2.21. The molecule has 0 aromatic heterocycles. The number of benzene rings is 1. The van der Waals surface area contributed by atoms with Crippen molar-refractivity contribution in [2.24, 2.45) is 0 Å². The minimum atomic E-state index is -3.95. The van der Waals surface area contributed by atoms with Gasteiger partial charge in [-0.3, -0.25) is 4.79 Å². The van der Waals surface area contributed by atoms with Crippen molar-refractivity contribution in [2.45, 2.75) is 43.5 Å². The van der Waals surface area contributed by atoms with Crippen LogP contribution in [0.25, 0.3) is 0 Å². The van der Waals surface area contributed by atoms with Gasteiger partial charge < -0.3 is 14.6 Å². The van der Waals surface area contributed by atoms with Gasteiger partial charge in [-0.15, -0.1) is 0 Å². The first-order valence-electron chi connectivity index (χ1n) is 7.59. The lowest BCUT2D eigenvalue weighted by Gasteiger charge is -2.15. The van der Waals surface area contributed by atoms with E-state index >= 15 is 0 Å². The third-order valence-electron chi connectivity index (χ3n) is 3.47. The minimum Gasteiger partial charge on any atom is -0.490 e. The van der Waals surface area contributed by atoms with E-state index in [0.29, 0.717) is 37.6 Å². The molecule has 0 fully saturated rings. The fraction of sp³-hybridized carbons (Fsp3) is 0.533. The quantitative estimate of drug-likeness (QED) is 0.782. The Bertz CT molecular complexity index is 658. The summed E-state index contributed by atoms with van der Waals surface area (Å²) in [5, 5.41) is 9.17. The predicted octanol–water partition coefficient (Wildman–Crippen LogP) is 1.77. The SMILES string of the molecule is CCCC[C@H](NS(=O)(=O)c1ccc2c(c1)OCCCO2)C(=O)O. The van der Waals surface area contributed by atoms with Crippen LogP contribution in [0.15, 0.2) is 23.1 Å². The maximum Gasteiger partial charge on any atom is 0.321 e. The molecule has 0 spiro atoms. The van der Waals surface area contributed by atoms with E-state index in [9.17, 15) is 13.2 Å². The van der Waals surface area contributed by atoms with Crippen LogP contribution in [0.3, 0.4) is 0 Å². The summed E-state index contributed by atoms with van der Waals surface area (Å²) in [4.78, 5) is 11.2. The highest BCUT2D eigenvalue weighted by atomic mass is 32.2. The van der Waals surface area contributed by atoms with E-state index in [4.69, 9.17) is 14.6 Å². The van der Waals surface area contributed by atoms with Gasteiger partial charge in [0.05, 0.1) is 18.1 Å². The van der Waals surface area contributed by atoms with Crippen LogP contribution in [0.2, 0.25) is 0 Å². The molecular weight excluding hydrogens is 322 g/mol. The van der Waals surface area contributed by atoms with Crippen molar-refractivity contribution >= 4 is 16.0 Å². The maximum atomic E-state index is 12.4. The molecule has 1 aliphatic rings. The lowest BCUT2D eigenvalue weighted by Crippen LogP contribution is -2.40. The Morgan fingerprint density at radius 2 is 2.00 bits per heavy atom. The molecule has 128 valence electrons. The smallest absolute Gasteiger partial charge is 0.321 e. The number of hydrogen-bond donors (Lipinski definition) is 2. The monoisotopic (exact) mass is 343 g/mol. The average Bonchev–Trinajstić information content (AvgIpc) is 2.75. The Morgan fingerprint density at radius 3 is 2.65 bits per heavy atom. The van der Waals surface area contributed by atoms with Crippen LogP contribution in [0.1, 0.15) is 32.6 Å². The number of unbranched alkanes of at least 4 members (excludes halogenated alkanes) is 1. The zero-order chi connectivity index (χ0) is 16.9. The molecule has 0 radical (unpaired) electrons. The van der Waals surface area contributed by atoms with E-state index in [-0.39, 0.29) is 11.3 Å². The van der Waals surface area contributed by atoms with Gasteiger partial charge in [-0.2, -0.15) is 4.72 Å². The van der Waals surface area contributed by atoms with Gasteiger partial charge in [-0.1, -0.05) is 19.8 Å². The third kappa shape index (κ3) is 4.59. The first-order valence-corrected chi connectivity index (χ1v) is 9.07. The highest BCUT2D eigenvalue weighted by molar-refractivity contribution is 7.89. The largest absolute Gasteiger partial charge is 0.490 e. The topological polar surface area (TPSA) is 102 Å². The van der Waals surface area contributed by atoms with E-state index < -0.39 is 22.0 Å². The molecule has 0 aliphatic carbocycles. The van der Waals surface area contributed by atoms with Gasteiger partial charge in [0.15, 0.2) is 11.5 Å². The van der Waals surface area contributed by atoms with Crippen molar-refractivity contribution in [1.29, 1.82) is 0 Å². The van der Waals surface area contributed by atoms with Crippen LogP contribution in [0.5, 0.6) is 11.5 Å². The molecule has 2 N–H and O–H groups in total. The molecule has 2 rings (SSSR count). The first kappa shape index (κ1) is 17.6. The van der Waals surface area contributed by atoms with Crippen LogP contribution in [-0.2, 0) is 14.8 Å². The van der Waals surface area contributed by atoms with Crippen LogP contribution in [0, 0.1) is 0 Å². The number of rotatable bonds is 7. The molecule has 0 saturated carbocycles. The van der Waals surface area contributed by atoms with Crippen LogP contribution >= 0.6 is 0 Å². The summed E-state index contributed by atoms with van der Waals surface area (Å²) >= 11 is 0. The van der Waals surface area contributed by atoms with Crippen LogP contribution in [-0.4, -0.2) is 38.7 Å². The van der Waals surface area contributed by atoms with Crippen molar-refractivity contribution in [3.8, 4) is 11.5 Å². The number of aliphatic carboxylic acids is 1. The summed E-state index contributed by atoms with van der Waals surface area (Å²) in [5.41, 5.74) is 0. The second kappa shape index (κ2) is 7.65. The van der Waals surface area contributed by atoms with E-state index in [1.165, 1.54) is 18.2 Å². The van der Waals surface area contributed by atoms with Crippen LogP contribution < -0.4 is 14.2 Å². The van der Waals surface area contributed by atoms with Crippen molar-refractivity contribution in [1.82, 2.24) is 4.72 Å². The molecule has 1 aromatic rings. The molecule has 0 unspecified atom stereocenters. The summed E-state index contributed by atoms with van der Waals surface area (Å²) in [6.45, 7) is 2.87. The number of carboxylic acids is 1. The number of sulfonamides is 1. The van der Waals surface area contributed by atoms with Gasteiger partial charge in [0, 0.05) is 12.5 Å². The summed E-state index contributed by atoms with van der Waals surface area (Å²) < 4.78 is 38.0. The lowest BCUT2D eigenvalue weighted by molar-refractivity contribution is -0.139. The normalized spacial score (nSPS) is 15.7. The number of fused-ring (bicyclic) bond motifs is 1. The van der Waals surface area contributed by atoms with Crippen LogP contribution in [0.4, 0.5) is 0 Å². The Hall–Kier alpha value is -1.80. The van der Waals surface area contributed by atoms with E-state index in [1.807, 2.05) is 6.92 Å². The van der Waals surface area contributed by atoms with Crippen molar-refractivity contribution in [2.75, 3.05) is 13.2 Å². The maximum absolute atomic E-state index is 12.4. The summed E-state index contributed by atoms with van der Waals surface area (Å²) in [5.74, 6) is -0.343. The molecule has 1 atom stereocenters. The number of carbonyl (C=O) groups is 1. The second-order valence-electron chi connectivity index (χ2n) is 5.31. The number of ether oxygens (including phenoxy) is 2. The van der Waals surface area contributed by atoms with Gasteiger partial charge in [-0.05, 0) is 18.6 Å². The zero-order valence-electron chi connectivity index (χ0n) is 12.9. The Labute approximate surface area is 135 Å². The second-order valence-corrected chi connectivity index (χ2v) is 7.03. The predicted molar refractivity (Wildman–Crippen MR) is 83.3 cm³/mol. The number of carboxylic acid groups (broad SMARTS) is 1. The summed E-state index contributed by atoms with van der Waals surface area (Å²) in [7, 11) is -3.95. The Balaban J connectivity index is 2.21. The third-order valence-corrected chi connectivity index (χ3v) is 4.94. The minimum absolute atomic E-state index is 0.0375. The van der Waals surface area contributed by atoms with E-state index in [1.54, 1.807) is 0 Å². The molecule has 8 heteroatoms. The highest BCUT2D eigenvalue weighted by Gasteiger charge is 2.26. The lowest BCUT2D eigenvalue weighted by atomic mass is 10.1. The zero-order valence-corrected chi connectivity index (χ0v) is 13.8. The Morgan fingerprint density at radius 1 is 1.30 bits per heavy atom. The molecule has 1 aliphatic heterocycles. The molecule has 23 heavy (non-hydrogen) atoms. The molecule has 1 heterocycles.